The third-order valence-electron chi connectivity index (χ3n) is 2.67. The molecule has 1 atom stereocenters. The van der Waals surface area contributed by atoms with Gasteiger partial charge in [-0.3, -0.25) is 0 Å². The average Bonchev–Trinajstić information content (AvgIpc) is 2.84. The Morgan fingerprint density at radius 2 is 2.10 bits per heavy atom. The molecule has 20 heavy (non-hydrogen) atoms. The Kier molecular flexibility index (Phi) is 6.12. The highest BCUT2D eigenvalue weighted by atomic mass is 32.2. The monoisotopic (exact) mass is 321 g/mol. The van der Waals surface area contributed by atoms with E-state index in [1.165, 1.54) is 12.1 Å². The molecule has 2 N–H and O–H groups in total. The number of sulfonamides is 1. The number of ether oxygens (including phenoxy) is 1. The zero-order chi connectivity index (χ0) is 15.3. The van der Waals surface area contributed by atoms with E-state index in [9.17, 15) is 13.2 Å². The number of carboxylic acids is 1. The summed E-state index contributed by atoms with van der Waals surface area (Å²) in [5.74, 6) is -1.07. The molecule has 0 radical (unpaired) electrons. The molecule has 1 aromatic rings. The van der Waals surface area contributed by atoms with Crippen molar-refractivity contribution >= 4 is 27.3 Å². The van der Waals surface area contributed by atoms with Crippen LogP contribution in [0.5, 0.6) is 0 Å². The van der Waals surface area contributed by atoms with E-state index in [-0.39, 0.29) is 27.7 Å². The van der Waals surface area contributed by atoms with Crippen molar-refractivity contribution in [3.8, 4) is 0 Å². The van der Waals surface area contributed by atoms with Gasteiger partial charge in [-0.05, 0) is 25.0 Å². The predicted octanol–water partition coefficient (Wildman–Crippen LogP) is 1.79. The van der Waals surface area contributed by atoms with E-state index < -0.39 is 16.0 Å². The molecule has 1 heterocycles. The Morgan fingerprint density at radius 3 is 2.55 bits per heavy atom. The molecule has 0 aliphatic carbocycles. The number of hydrogen-bond donors (Lipinski definition) is 2. The van der Waals surface area contributed by atoms with Gasteiger partial charge >= 0.3 is 5.97 Å². The van der Waals surface area contributed by atoms with E-state index in [4.69, 9.17) is 9.84 Å². The highest BCUT2D eigenvalue weighted by molar-refractivity contribution is 7.91. The van der Waals surface area contributed by atoms with Gasteiger partial charge in [0.25, 0.3) is 0 Å². The Bertz CT molecular complexity index is 550. The summed E-state index contributed by atoms with van der Waals surface area (Å²) in [6.07, 6.45) is 0. The highest BCUT2D eigenvalue weighted by Gasteiger charge is 2.24. The Morgan fingerprint density at radius 1 is 1.45 bits per heavy atom. The number of nitrogens with one attached hydrogen (secondary N) is 1. The third kappa shape index (κ3) is 4.55. The lowest BCUT2D eigenvalue weighted by Gasteiger charge is -2.21. The number of hydrogen-bond acceptors (Lipinski definition) is 5. The molecule has 0 aromatic carbocycles. The molecule has 0 aliphatic rings. The number of carbonyl (C=O) groups is 1. The summed E-state index contributed by atoms with van der Waals surface area (Å²) in [4.78, 5) is 10.8. The van der Waals surface area contributed by atoms with Crippen LogP contribution in [-0.2, 0) is 14.8 Å². The minimum Gasteiger partial charge on any atom is -0.477 e. The van der Waals surface area contributed by atoms with Crippen LogP contribution in [0.3, 0.4) is 0 Å². The molecule has 114 valence electrons. The van der Waals surface area contributed by atoms with E-state index in [0.717, 1.165) is 11.3 Å². The molecule has 0 spiro atoms. The normalized spacial score (nSPS) is 13.6. The predicted molar refractivity (Wildman–Crippen MR) is 76.7 cm³/mol. The first-order valence-corrected chi connectivity index (χ1v) is 8.51. The Hall–Kier alpha value is -0.960. The smallest absolute Gasteiger partial charge is 0.345 e. The maximum atomic E-state index is 12.2. The van der Waals surface area contributed by atoms with Gasteiger partial charge in [-0.2, -0.15) is 0 Å². The summed E-state index contributed by atoms with van der Waals surface area (Å²) in [5.41, 5.74) is 0. The van der Waals surface area contributed by atoms with Crippen LogP contribution in [0.1, 0.15) is 30.4 Å². The number of thiophene rings is 1. The molecule has 0 amide bonds. The lowest BCUT2D eigenvalue weighted by atomic mass is 10.1. The van der Waals surface area contributed by atoms with Crippen LogP contribution in [0.2, 0.25) is 0 Å². The number of aromatic carboxylic acids is 1. The van der Waals surface area contributed by atoms with Gasteiger partial charge < -0.3 is 9.84 Å². The van der Waals surface area contributed by atoms with Crippen LogP contribution in [0, 0.1) is 5.92 Å². The van der Waals surface area contributed by atoms with Crippen molar-refractivity contribution in [1.82, 2.24) is 4.72 Å². The fourth-order valence-corrected chi connectivity index (χ4v) is 3.98. The second kappa shape index (κ2) is 7.16. The maximum Gasteiger partial charge on any atom is 0.345 e. The van der Waals surface area contributed by atoms with Crippen molar-refractivity contribution in [3.63, 3.8) is 0 Å². The summed E-state index contributed by atoms with van der Waals surface area (Å²) < 4.78 is 32.2. The molecule has 0 aliphatic heterocycles. The van der Waals surface area contributed by atoms with Crippen LogP contribution < -0.4 is 4.72 Å². The molecular formula is C12H19NO5S2. The van der Waals surface area contributed by atoms with Gasteiger partial charge in [0.2, 0.25) is 10.0 Å². The van der Waals surface area contributed by atoms with Crippen molar-refractivity contribution in [2.24, 2.45) is 5.92 Å². The standard InChI is InChI=1S/C12H19NO5S2/c1-4-18-7-9(8(2)3)13-20(16,17)11-6-5-10(19-11)12(14)15/h5-6,8-9,13H,4,7H2,1-3H3,(H,14,15). The molecule has 0 saturated carbocycles. The number of carboxylic acid groups (broad SMARTS) is 1. The molecule has 0 fully saturated rings. The first kappa shape index (κ1) is 17.1. The summed E-state index contributed by atoms with van der Waals surface area (Å²) in [6, 6.07) is 2.23. The molecule has 1 rings (SSSR count). The SMILES string of the molecule is CCOCC(NS(=O)(=O)c1ccc(C(=O)O)s1)C(C)C. The summed E-state index contributed by atoms with van der Waals surface area (Å²) in [7, 11) is -3.72. The van der Waals surface area contributed by atoms with Crippen LogP contribution in [0.15, 0.2) is 16.3 Å². The first-order chi connectivity index (χ1) is 9.27. The molecule has 6 nitrogen and oxygen atoms in total. The van der Waals surface area contributed by atoms with Gasteiger partial charge in [-0.1, -0.05) is 13.8 Å². The Balaban J connectivity index is 2.88. The van der Waals surface area contributed by atoms with Crippen molar-refractivity contribution in [1.29, 1.82) is 0 Å². The third-order valence-corrected chi connectivity index (χ3v) is 5.72. The van der Waals surface area contributed by atoms with E-state index in [1.807, 2.05) is 20.8 Å². The van der Waals surface area contributed by atoms with Gasteiger partial charge in [0, 0.05) is 12.6 Å². The lowest BCUT2D eigenvalue weighted by molar-refractivity contribution is 0.0702. The number of rotatable bonds is 8. The zero-order valence-electron chi connectivity index (χ0n) is 11.6. The van der Waals surface area contributed by atoms with Crippen molar-refractivity contribution in [3.05, 3.63) is 17.0 Å². The van der Waals surface area contributed by atoms with E-state index in [1.54, 1.807) is 0 Å². The van der Waals surface area contributed by atoms with Crippen molar-refractivity contribution in [2.45, 2.75) is 31.0 Å². The van der Waals surface area contributed by atoms with Crippen LogP contribution in [-0.4, -0.2) is 38.7 Å². The molecule has 0 bridgehead atoms. The molecular weight excluding hydrogens is 302 g/mol. The minimum absolute atomic E-state index is 0.00273. The second-order valence-corrected chi connectivity index (χ2v) is 7.58. The van der Waals surface area contributed by atoms with Crippen LogP contribution in [0.25, 0.3) is 0 Å². The largest absolute Gasteiger partial charge is 0.477 e. The Labute approximate surface area is 122 Å². The van der Waals surface area contributed by atoms with Crippen LogP contribution >= 0.6 is 11.3 Å². The van der Waals surface area contributed by atoms with E-state index in [0.29, 0.717) is 6.61 Å². The topological polar surface area (TPSA) is 92.7 Å². The van der Waals surface area contributed by atoms with Gasteiger partial charge in [0.15, 0.2) is 0 Å². The quantitative estimate of drug-likeness (QED) is 0.761. The summed E-state index contributed by atoms with van der Waals surface area (Å²) in [5, 5.41) is 8.83. The van der Waals surface area contributed by atoms with Crippen molar-refractivity contribution in [2.75, 3.05) is 13.2 Å². The van der Waals surface area contributed by atoms with E-state index >= 15 is 0 Å². The molecule has 0 saturated heterocycles. The minimum atomic E-state index is -3.72. The second-order valence-electron chi connectivity index (χ2n) is 4.56. The summed E-state index contributed by atoms with van der Waals surface area (Å²) >= 11 is 0.735. The van der Waals surface area contributed by atoms with Crippen molar-refractivity contribution < 1.29 is 23.1 Å². The van der Waals surface area contributed by atoms with Gasteiger partial charge in [-0.25, -0.2) is 17.9 Å². The van der Waals surface area contributed by atoms with Gasteiger partial charge in [-0.15, -0.1) is 11.3 Å². The van der Waals surface area contributed by atoms with Crippen LogP contribution in [0.4, 0.5) is 0 Å². The maximum absolute atomic E-state index is 12.2. The molecule has 8 heteroatoms. The first-order valence-electron chi connectivity index (χ1n) is 6.21. The fraction of sp³-hybridized carbons (Fsp3) is 0.583. The fourth-order valence-electron chi connectivity index (χ4n) is 1.44. The average molecular weight is 321 g/mol. The van der Waals surface area contributed by atoms with Gasteiger partial charge in [0.05, 0.1) is 6.61 Å². The molecule has 1 aromatic heterocycles. The zero-order valence-corrected chi connectivity index (χ0v) is 13.3. The lowest BCUT2D eigenvalue weighted by Crippen LogP contribution is -2.41. The van der Waals surface area contributed by atoms with E-state index in [2.05, 4.69) is 4.72 Å². The highest BCUT2D eigenvalue weighted by Crippen LogP contribution is 2.22. The van der Waals surface area contributed by atoms with Gasteiger partial charge in [0.1, 0.15) is 9.09 Å². The molecule has 1 unspecified atom stereocenters. The summed E-state index contributed by atoms with van der Waals surface area (Å²) in [6.45, 7) is 6.41.